The molecule has 10 nitrogen and oxygen atoms in total. The average Bonchev–Trinajstić information content (AvgIpc) is 2.95. The number of guanidine groups is 1. The Labute approximate surface area is 247 Å². The summed E-state index contributed by atoms with van der Waals surface area (Å²) in [6.45, 7) is 3.74. The zero-order valence-corrected chi connectivity index (χ0v) is 24.1. The summed E-state index contributed by atoms with van der Waals surface area (Å²) in [5.41, 5.74) is 0.747. The number of carbonyl (C=O) groups excluding carboxylic acids is 1. The first-order chi connectivity index (χ1) is 19.1. The Bertz CT molecular complexity index is 1060. The molecule has 1 aromatic carbocycles. The summed E-state index contributed by atoms with van der Waals surface area (Å²) < 4.78 is 17.8. The topological polar surface area (TPSA) is 121 Å². The second kappa shape index (κ2) is 19.7. The van der Waals surface area contributed by atoms with Crippen LogP contribution in [0.1, 0.15) is 44.9 Å². The SMILES string of the molecule is N#CNC(=NCCCCCCOc1ccc(Cl)cc1)Nc1cc[n+](COC(=O)OCCC2CCNCC2)cc1.[Cl-]. The molecule has 0 radical (unpaired) electrons. The van der Waals surface area contributed by atoms with E-state index in [1.54, 1.807) is 29.1 Å². The molecule has 0 unspecified atom stereocenters. The number of halogens is 2. The lowest BCUT2D eigenvalue weighted by molar-refractivity contribution is -0.727. The van der Waals surface area contributed by atoms with E-state index in [-0.39, 0.29) is 19.1 Å². The number of carbonyl (C=O) groups is 1. The van der Waals surface area contributed by atoms with Gasteiger partial charge in [-0.3, -0.25) is 10.3 Å². The van der Waals surface area contributed by atoms with E-state index in [1.807, 2.05) is 30.5 Å². The highest BCUT2D eigenvalue weighted by Gasteiger charge is 2.14. The van der Waals surface area contributed by atoms with E-state index in [4.69, 9.17) is 31.1 Å². The molecule has 218 valence electrons. The third-order valence-corrected chi connectivity index (χ3v) is 6.52. The van der Waals surface area contributed by atoms with Crippen molar-refractivity contribution in [1.82, 2.24) is 10.6 Å². The smallest absolute Gasteiger partial charge is 0.513 e. The van der Waals surface area contributed by atoms with Gasteiger partial charge in [-0.15, -0.1) is 0 Å². The van der Waals surface area contributed by atoms with Crippen LogP contribution >= 0.6 is 11.6 Å². The number of piperidine rings is 1. The summed E-state index contributed by atoms with van der Waals surface area (Å²) in [5.74, 6) is 1.81. The molecule has 1 aromatic heterocycles. The highest BCUT2D eigenvalue weighted by Crippen LogP contribution is 2.16. The van der Waals surface area contributed by atoms with E-state index < -0.39 is 6.16 Å². The molecule has 0 saturated carbocycles. The summed E-state index contributed by atoms with van der Waals surface area (Å²) in [7, 11) is 0. The molecular weight excluding hydrogens is 555 g/mol. The minimum absolute atomic E-state index is 0. The van der Waals surface area contributed by atoms with Crippen LogP contribution in [0.2, 0.25) is 5.02 Å². The van der Waals surface area contributed by atoms with E-state index in [9.17, 15) is 4.79 Å². The summed E-state index contributed by atoms with van der Waals surface area (Å²) >= 11 is 5.88. The number of aromatic nitrogens is 1. The summed E-state index contributed by atoms with van der Waals surface area (Å²) in [6, 6.07) is 11.0. The Morgan fingerprint density at radius 1 is 1.05 bits per heavy atom. The van der Waals surface area contributed by atoms with Crippen LogP contribution < -0.4 is 37.7 Å². The quantitative estimate of drug-likeness (QED) is 0.0575. The molecule has 0 aliphatic carbocycles. The number of nitrogens with zero attached hydrogens (tertiary/aromatic N) is 3. The van der Waals surface area contributed by atoms with Gasteiger partial charge in [0.05, 0.1) is 18.9 Å². The van der Waals surface area contributed by atoms with E-state index >= 15 is 0 Å². The van der Waals surface area contributed by atoms with Crippen LogP contribution in [0.3, 0.4) is 0 Å². The third-order valence-electron chi connectivity index (χ3n) is 6.27. The summed E-state index contributed by atoms with van der Waals surface area (Å²) in [4.78, 5) is 16.3. The highest BCUT2D eigenvalue weighted by atomic mass is 35.5. The molecule has 0 bridgehead atoms. The van der Waals surface area contributed by atoms with Crippen molar-refractivity contribution in [3.05, 3.63) is 53.8 Å². The predicted octanol–water partition coefficient (Wildman–Crippen LogP) is 1.61. The number of hydrogen-bond acceptors (Lipinski definition) is 7. The molecule has 1 fully saturated rings. The number of rotatable bonds is 14. The first kappa shape index (κ1) is 32.9. The van der Waals surface area contributed by atoms with E-state index in [2.05, 4.69) is 20.9 Å². The molecule has 1 aliphatic heterocycles. The van der Waals surface area contributed by atoms with Crippen LogP contribution in [0, 0.1) is 17.4 Å². The Morgan fingerprint density at radius 3 is 2.50 bits per heavy atom. The molecule has 3 N–H and O–H groups in total. The van der Waals surface area contributed by atoms with Crippen molar-refractivity contribution >= 4 is 29.4 Å². The van der Waals surface area contributed by atoms with Crippen LogP contribution in [-0.4, -0.2) is 45.0 Å². The fraction of sp³-hybridized carbons (Fsp3) is 0.500. The molecule has 1 saturated heterocycles. The zero-order chi connectivity index (χ0) is 27.5. The Hall–Kier alpha value is -3.26. The number of nitriles is 1. The van der Waals surface area contributed by atoms with Crippen molar-refractivity contribution < 1.29 is 36.0 Å². The lowest BCUT2D eigenvalue weighted by Gasteiger charge is -2.21. The Balaban J connectivity index is 0.00000560. The number of aliphatic imine (C=N–C) groups is 1. The molecular formula is C28H38Cl2N6O4. The largest absolute Gasteiger partial charge is 1.00 e. The van der Waals surface area contributed by atoms with Crippen molar-refractivity contribution in [2.45, 2.75) is 51.7 Å². The standard InChI is InChI=1S/C28H37ClN6O4.ClH/c29-24-5-7-26(8-6-24)37-19-4-2-1-3-14-32-27(33-21-30)34-25-11-17-35(18-12-25)22-39-28(36)38-20-13-23-9-15-31-16-10-23;/h5-8,11-12,17-18,23,31H,1-4,9-10,13-16,19-20,22H2,(H,32,33);1H. The average molecular weight is 594 g/mol. The molecule has 2 heterocycles. The Morgan fingerprint density at radius 2 is 1.77 bits per heavy atom. The lowest BCUT2D eigenvalue weighted by Crippen LogP contribution is -3.00. The third kappa shape index (κ3) is 13.7. The molecule has 1 aliphatic rings. The van der Waals surface area contributed by atoms with Crippen molar-refractivity contribution in [1.29, 1.82) is 5.26 Å². The van der Waals surface area contributed by atoms with Crippen LogP contribution in [0.15, 0.2) is 53.8 Å². The minimum atomic E-state index is -0.666. The van der Waals surface area contributed by atoms with Crippen molar-refractivity contribution in [3.8, 4) is 11.9 Å². The molecule has 0 spiro atoms. The van der Waals surface area contributed by atoms with Gasteiger partial charge < -0.3 is 37.3 Å². The number of benzene rings is 1. The maximum atomic E-state index is 11.9. The van der Waals surface area contributed by atoms with Crippen LogP contribution in [0.4, 0.5) is 10.5 Å². The van der Waals surface area contributed by atoms with Crippen molar-refractivity contribution in [3.63, 3.8) is 0 Å². The van der Waals surface area contributed by atoms with Gasteiger partial charge in [-0.1, -0.05) is 18.0 Å². The fourth-order valence-electron chi connectivity index (χ4n) is 4.05. The van der Waals surface area contributed by atoms with Crippen LogP contribution in [0.5, 0.6) is 5.75 Å². The van der Waals surface area contributed by atoms with Gasteiger partial charge in [-0.2, -0.15) is 9.83 Å². The molecule has 0 amide bonds. The molecule has 3 rings (SSSR count). The number of pyridine rings is 1. The van der Waals surface area contributed by atoms with Crippen LogP contribution in [0.25, 0.3) is 0 Å². The van der Waals surface area contributed by atoms with Gasteiger partial charge in [0.1, 0.15) is 5.75 Å². The first-order valence-corrected chi connectivity index (χ1v) is 13.8. The minimum Gasteiger partial charge on any atom is -1.00 e. The highest BCUT2D eigenvalue weighted by molar-refractivity contribution is 6.30. The van der Waals surface area contributed by atoms with Crippen molar-refractivity contribution in [2.24, 2.45) is 10.9 Å². The second-order valence-corrected chi connectivity index (χ2v) is 9.70. The number of ether oxygens (including phenoxy) is 3. The summed E-state index contributed by atoms with van der Waals surface area (Å²) in [6.07, 6.45) is 11.8. The molecule has 0 atom stereocenters. The lowest BCUT2D eigenvalue weighted by atomic mass is 9.95. The predicted molar refractivity (Wildman–Crippen MR) is 149 cm³/mol. The summed E-state index contributed by atoms with van der Waals surface area (Å²) in [5, 5.41) is 18.8. The molecule has 40 heavy (non-hydrogen) atoms. The number of unbranched alkanes of at least 4 members (excludes halogenated alkanes) is 3. The number of anilines is 1. The monoisotopic (exact) mass is 592 g/mol. The molecule has 12 heteroatoms. The van der Waals surface area contributed by atoms with Crippen molar-refractivity contribution in [2.75, 3.05) is 38.2 Å². The Kier molecular flexibility index (Phi) is 16.3. The van der Waals surface area contributed by atoms with Gasteiger partial charge in [0.15, 0.2) is 18.6 Å². The van der Waals surface area contributed by atoms with Gasteiger partial charge in [0.25, 0.3) is 6.73 Å². The van der Waals surface area contributed by atoms with Gasteiger partial charge in [0, 0.05) is 23.7 Å². The number of nitrogens with one attached hydrogen (secondary N) is 3. The van der Waals surface area contributed by atoms with E-state index in [1.165, 1.54) is 0 Å². The molecule has 2 aromatic rings. The van der Waals surface area contributed by atoms with E-state index in [0.29, 0.717) is 36.7 Å². The number of hydrogen-bond donors (Lipinski definition) is 3. The maximum Gasteiger partial charge on any atom is 0.513 e. The van der Waals surface area contributed by atoms with Gasteiger partial charge in [-0.05, 0) is 81.8 Å². The van der Waals surface area contributed by atoms with Crippen LogP contribution in [-0.2, 0) is 16.2 Å². The van der Waals surface area contributed by atoms with Gasteiger partial charge in [0.2, 0.25) is 5.96 Å². The fourth-order valence-corrected chi connectivity index (χ4v) is 4.18. The van der Waals surface area contributed by atoms with Gasteiger partial charge in [-0.25, -0.2) is 4.79 Å². The first-order valence-electron chi connectivity index (χ1n) is 13.5. The normalized spacial score (nSPS) is 13.4. The zero-order valence-electron chi connectivity index (χ0n) is 22.6. The maximum absolute atomic E-state index is 11.9. The second-order valence-electron chi connectivity index (χ2n) is 9.26. The van der Waals surface area contributed by atoms with Gasteiger partial charge >= 0.3 is 6.16 Å². The van der Waals surface area contributed by atoms with E-state index in [0.717, 1.165) is 69.5 Å².